The Bertz CT molecular complexity index is 1240. The van der Waals surface area contributed by atoms with Crippen molar-refractivity contribution in [2.24, 2.45) is 0 Å². The predicted octanol–water partition coefficient (Wildman–Crippen LogP) is 5.83. The van der Waals surface area contributed by atoms with Crippen molar-refractivity contribution in [1.29, 1.82) is 0 Å². The van der Waals surface area contributed by atoms with Crippen molar-refractivity contribution in [2.45, 2.75) is 33.6 Å². The maximum Gasteiger partial charge on any atom is 0.282 e. The quantitative estimate of drug-likeness (QED) is 0.490. The maximum absolute atomic E-state index is 13.7. The van der Waals surface area contributed by atoms with Gasteiger partial charge in [-0.3, -0.25) is 9.59 Å². The summed E-state index contributed by atoms with van der Waals surface area (Å²) in [6.45, 7) is 8.11. The van der Waals surface area contributed by atoms with Crippen molar-refractivity contribution >= 4 is 28.8 Å². The number of imide groups is 1. The van der Waals surface area contributed by atoms with Gasteiger partial charge in [0.05, 0.1) is 18.4 Å². The second-order valence-electron chi connectivity index (χ2n) is 8.62. The molecule has 168 valence electrons. The lowest BCUT2D eigenvalue weighted by atomic mass is 10.0. The van der Waals surface area contributed by atoms with E-state index in [9.17, 15) is 9.59 Å². The second-order valence-corrected chi connectivity index (χ2v) is 8.62. The molecule has 0 fully saturated rings. The zero-order valence-electron chi connectivity index (χ0n) is 19.6. The molecule has 0 aromatic heterocycles. The van der Waals surface area contributed by atoms with Gasteiger partial charge >= 0.3 is 0 Å². The van der Waals surface area contributed by atoms with Gasteiger partial charge in [-0.05, 0) is 72.4 Å². The van der Waals surface area contributed by atoms with Crippen LogP contribution in [-0.2, 0) is 9.59 Å². The molecule has 0 saturated heterocycles. The molecule has 5 heteroatoms. The van der Waals surface area contributed by atoms with E-state index in [4.69, 9.17) is 4.74 Å². The topological polar surface area (TPSA) is 58.6 Å². The molecule has 0 atom stereocenters. The first-order valence-corrected chi connectivity index (χ1v) is 11.0. The minimum absolute atomic E-state index is 0.267. The summed E-state index contributed by atoms with van der Waals surface area (Å²) in [5, 5.41) is 3.23. The van der Waals surface area contributed by atoms with Crippen LogP contribution in [0.15, 0.2) is 72.4 Å². The van der Waals surface area contributed by atoms with E-state index < -0.39 is 0 Å². The number of benzene rings is 3. The van der Waals surface area contributed by atoms with Gasteiger partial charge in [0, 0.05) is 5.69 Å². The minimum Gasteiger partial charge on any atom is -0.497 e. The van der Waals surface area contributed by atoms with Gasteiger partial charge in [-0.2, -0.15) is 0 Å². The molecule has 3 aromatic rings. The van der Waals surface area contributed by atoms with E-state index in [1.807, 2.05) is 56.3 Å². The minimum atomic E-state index is -0.368. The molecule has 0 saturated carbocycles. The molecule has 1 N–H and O–H groups in total. The standard InChI is InChI=1S/C28H28N2O3/c1-17(2)20-8-12-22(13-9-20)29-26-25(21-10-14-23(33-5)15-11-21)27(31)30(28(26)32)24-16-18(3)6-7-19(24)4/h6-17,29H,1-5H3. The number of methoxy groups -OCH3 is 1. The van der Waals surface area contributed by atoms with Gasteiger partial charge in [0.15, 0.2) is 0 Å². The van der Waals surface area contributed by atoms with Crippen molar-refractivity contribution in [2.75, 3.05) is 17.3 Å². The Hall–Kier alpha value is -3.86. The fourth-order valence-corrected chi connectivity index (χ4v) is 3.95. The van der Waals surface area contributed by atoms with Gasteiger partial charge in [-0.25, -0.2) is 4.90 Å². The van der Waals surface area contributed by atoms with Crippen LogP contribution in [0, 0.1) is 13.8 Å². The van der Waals surface area contributed by atoms with Crippen LogP contribution in [0.3, 0.4) is 0 Å². The van der Waals surface area contributed by atoms with Crippen LogP contribution in [0.5, 0.6) is 5.75 Å². The number of hydrogen-bond donors (Lipinski definition) is 1. The van der Waals surface area contributed by atoms with Crippen LogP contribution in [0.1, 0.15) is 42.0 Å². The Morgan fingerprint density at radius 3 is 2.12 bits per heavy atom. The summed E-state index contributed by atoms with van der Waals surface area (Å²) in [4.78, 5) is 28.6. The van der Waals surface area contributed by atoms with Crippen molar-refractivity contribution in [3.63, 3.8) is 0 Å². The van der Waals surface area contributed by atoms with Gasteiger partial charge < -0.3 is 10.1 Å². The summed E-state index contributed by atoms with van der Waals surface area (Å²) in [5.74, 6) is 0.372. The number of anilines is 2. The van der Waals surface area contributed by atoms with Gasteiger partial charge in [-0.15, -0.1) is 0 Å². The zero-order chi connectivity index (χ0) is 23.7. The Kier molecular flexibility index (Phi) is 6.05. The molecule has 1 aliphatic heterocycles. The van der Waals surface area contributed by atoms with Crippen molar-refractivity contribution in [3.8, 4) is 5.75 Å². The van der Waals surface area contributed by atoms with Crippen molar-refractivity contribution in [3.05, 3.63) is 94.7 Å². The van der Waals surface area contributed by atoms with E-state index >= 15 is 0 Å². The van der Waals surface area contributed by atoms with Gasteiger partial charge in [0.2, 0.25) is 0 Å². The molecule has 3 aromatic carbocycles. The number of carbonyl (C=O) groups is 2. The molecule has 2 amide bonds. The van der Waals surface area contributed by atoms with E-state index in [2.05, 4.69) is 19.2 Å². The summed E-state index contributed by atoms with van der Waals surface area (Å²) in [7, 11) is 1.59. The average molecular weight is 441 g/mol. The molecular weight excluding hydrogens is 412 g/mol. The Labute approximate surface area is 194 Å². The van der Waals surface area contributed by atoms with Crippen LogP contribution in [0.4, 0.5) is 11.4 Å². The molecule has 0 aliphatic carbocycles. The highest BCUT2D eigenvalue weighted by molar-refractivity contribution is 6.46. The van der Waals surface area contributed by atoms with E-state index in [0.29, 0.717) is 28.5 Å². The monoisotopic (exact) mass is 440 g/mol. The fourth-order valence-electron chi connectivity index (χ4n) is 3.95. The lowest BCUT2D eigenvalue weighted by Crippen LogP contribution is -2.33. The second kappa shape index (κ2) is 8.94. The number of amides is 2. The van der Waals surface area contributed by atoms with Crippen molar-refractivity contribution < 1.29 is 14.3 Å². The van der Waals surface area contributed by atoms with E-state index in [-0.39, 0.29) is 17.5 Å². The summed E-state index contributed by atoms with van der Waals surface area (Å²) in [5.41, 5.74) is 5.66. The van der Waals surface area contributed by atoms with E-state index in [1.54, 1.807) is 31.4 Å². The molecule has 0 bridgehead atoms. The highest BCUT2D eigenvalue weighted by atomic mass is 16.5. The first kappa shape index (κ1) is 22.3. The lowest BCUT2D eigenvalue weighted by molar-refractivity contribution is -0.120. The molecule has 1 aliphatic rings. The Morgan fingerprint density at radius 2 is 1.52 bits per heavy atom. The molecule has 4 rings (SSSR count). The third-order valence-electron chi connectivity index (χ3n) is 5.91. The van der Waals surface area contributed by atoms with Crippen LogP contribution < -0.4 is 15.0 Å². The number of ether oxygens (including phenoxy) is 1. The molecular formula is C28H28N2O3. The first-order chi connectivity index (χ1) is 15.8. The SMILES string of the molecule is COc1ccc(C2=C(Nc3ccc(C(C)C)cc3)C(=O)N(c3cc(C)ccc3C)C2=O)cc1. The molecule has 0 spiro atoms. The largest absolute Gasteiger partial charge is 0.497 e. The summed E-state index contributed by atoms with van der Waals surface area (Å²) in [6.07, 6.45) is 0. The summed E-state index contributed by atoms with van der Waals surface area (Å²) in [6, 6.07) is 20.9. The highest BCUT2D eigenvalue weighted by Gasteiger charge is 2.40. The number of hydrogen-bond acceptors (Lipinski definition) is 4. The average Bonchev–Trinajstić information content (AvgIpc) is 3.05. The fraction of sp³-hybridized carbons (Fsp3) is 0.214. The normalized spacial score (nSPS) is 13.8. The zero-order valence-corrected chi connectivity index (χ0v) is 19.6. The predicted molar refractivity (Wildman–Crippen MR) is 132 cm³/mol. The number of aryl methyl sites for hydroxylation is 2. The Balaban J connectivity index is 1.80. The third kappa shape index (κ3) is 4.27. The van der Waals surface area contributed by atoms with Crippen LogP contribution in [-0.4, -0.2) is 18.9 Å². The van der Waals surface area contributed by atoms with E-state index in [1.165, 1.54) is 10.5 Å². The molecule has 0 radical (unpaired) electrons. The first-order valence-electron chi connectivity index (χ1n) is 11.0. The lowest BCUT2D eigenvalue weighted by Gasteiger charge is -2.18. The third-order valence-corrected chi connectivity index (χ3v) is 5.91. The van der Waals surface area contributed by atoms with Crippen molar-refractivity contribution in [1.82, 2.24) is 0 Å². The van der Waals surface area contributed by atoms with Gasteiger partial charge in [0.1, 0.15) is 11.4 Å². The van der Waals surface area contributed by atoms with E-state index in [0.717, 1.165) is 16.8 Å². The highest BCUT2D eigenvalue weighted by Crippen LogP contribution is 2.36. The summed E-state index contributed by atoms with van der Waals surface area (Å²) < 4.78 is 5.26. The van der Waals surface area contributed by atoms with Crippen LogP contribution in [0.2, 0.25) is 0 Å². The molecule has 1 heterocycles. The molecule has 5 nitrogen and oxygen atoms in total. The summed E-state index contributed by atoms with van der Waals surface area (Å²) >= 11 is 0. The number of carbonyl (C=O) groups excluding carboxylic acids is 2. The van der Waals surface area contributed by atoms with Gasteiger partial charge in [0.25, 0.3) is 11.8 Å². The smallest absolute Gasteiger partial charge is 0.282 e. The number of nitrogens with one attached hydrogen (secondary N) is 1. The molecule has 0 unspecified atom stereocenters. The van der Waals surface area contributed by atoms with Crippen LogP contribution >= 0.6 is 0 Å². The number of nitrogens with zero attached hydrogens (tertiary/aromatic N) is 1. The maximum atomic E-state index is 13.7. The molecule has 33 heavy (non-hydrogen) atoms. The van der Waals surface area contributed by atoms with Gasteiger partial charge in [-0.1, -0.05) is 50.2 Å². The van der Waals surface area contributed by atoms with Crippen LogP contribution in [0.25, 0.3) is 5.57 Å². The number of rotatable bonds is 6. The Morgan fingerprint density at radius 1 is 0.848 bits per heavy atom.